The molecule has 2 N–H and O–H groups in total. The summed E-state index contributed by atoms with van der Waals surface area (Å²) in [5.74, 6) is 0.160. The second-order valence-electron chi connectivity index (χ2n) is 7.03. The first-order chi connectivity index (χ1) is 12.9. The molecule has 3 aromatic rings. The molecule has 140 valence electrons. The molecule has 4 nitrogen and oxygen atoms in total. The average Bonchev–Trinajstić information content (AvgIpc) is 3.12. The first kappa shape index (κ1) is 19.4. The van der Waals surface area contributed by atoms with Crippen molar-refractivity contribution < 1.29 is 4.79 Å². The van der Waals surface area contributed by atoms with Gasteiger partial charge in [-0.05, 0) is 44.5 Å². The Morgan fingerprint density at radius 1 is 1.19 bits per heavy atom. The predicted molar refractivity (Wildman–Crippen MR) is 115 cm³/mol. The minimum absolute atomic E-state index is 0.102. The van der Waals surface area contributed by atoms with Crippen molar-refractivity contribution in [2.45, 2.75) is 20.8 Å². The first-order valence-corrected chi connectivity index (χ1v) is 10.1. The van der Waals surface area contributed by atoms with Crippen LogP contribution >= 0.6 is 22.9 Å². The molecule has 3 rings (SSSR count). The minimum Gasteiger partial charge on any atom is -0.331 e. The van der Waals surface area contributed by atoms with Crippen molar-refractivity contribution in [2.75, 3.05) is 16.5 Å². The van der Waals surface area contributed by atoms with Crippen LogP contribution in [-0.4, -0.2) is 16.8 Å². The van der Waals surface area contributed by atoms with Crippen molar-refractivity contribution in [1.82, 2.24) is 4.98 Å². The lowest BCUT2D eigenvalue weighted by molar-refractivity contribution is -0.122. The van der Waals surface area contributed by atoms with E-state index in [1.165, 1.54) is 5.56 Å². The number of para-hydroxylation sites is 1. The van der Waals surface area contributed by atoms with Gasteiger partial charge in [0.15, 0.2) is 5.13 Å². The van der Waals surface area contributed by atoms with Crippen molar-refractivity contribution in [2.24, 2.45) is 5.41 Å². The third-order valence-corrected chi connectivity index (χ3v) is 5.68. The van der Waals surface area contributed by atoms with Gasteiger partial charge in [-0.2, -0.15) is 0 Å². The number of carbonyl (C=O) groups is 1. The molecule has 0 unspecified atom stereocenters. The Labute approximate surface area is 168 Å². The summed E-state index contributed by atoms with van der Waals surface area (Å²) in [7, 11) is 0. The second kappa shape index (κ2) is 8.11. The van der Waals surface area contributed by atoms with Crippen LogP contribution in [0.4, 0.5) is 16.5 Å². The zero-order valence-electron chi connectivity index (χ0n) is 15.5. The SMILES string of the molecule is Cc1ccccc1Nc1nc(-c2cccc(NC(=O)C(C)(C)CCl)c2)cs1. The van der Waals surface area contributed by atoms with E-state index in [-0.39, 0.29) is 11.8 Å². The number of aryl methyl sites for hydroxylation is 1. The van der Waals surface area contributed by atoms with Gasteiger partial charge < -0.3 is 10.6 Å². The lowest BCUT2D eigenvalue weighted by Crippen LogP contribution is -2.32. The van der Waals surface area contributed by atoms with E-state index in [1.807, 2.05) is 61.7 Å². The Kier molecular flexibility index (Phi) is 5.82. The summed E-state index contributed by atoms with van der Waals surface area (Å²) >= 11 is 7.43. The molecule has 1 heterocycles. The van der Waals surface area contributed by atoms with E-state index in [1.54, 1.807) is 11.3 Å². The maximum Gasteiger partial charge on any atom is 0.231 e. The monoisotopic (exact) mass is 399 g/mol. The highest BCUT2D eigenvalue weighted by Gasteiger charge is 2.26. The molecule has 0 fully saturated rings. The highest BCUT2D eigenvalue weighted by atomic mass is 35.5. The fourth-order valence-electron chi connectivity index (χ4n) is 2.41. The molecule has 1 amide bonds. The number of nitrogens with one attached hydrogen (secondary N) is 2. The van der Waals surface area contributed by atoms with Gasteiger partial charge >= 0.3 is 0 Å². The van der Waals surface area contributed by atoms with Gasteiger partial charge in [0, 0.05) is 28.2 Å². The number of benzene rings is 2. The van der Waals surface area contributed by atoms with Crippen LogP contribution in [0.3, 0.4) is 0 Å². The summed E-state index contributed by atoms with van der Waals surface area (Å²) in [4.78, 5) is 17.0. The topological polar surface area (TPSA) is 54.0 Å². The smallest absolute Gasteiger partial charge is 0.231 e. The van der Waals surface area contributed by atoms with E-state index < -0.39 is 5.41 Å². The normalized spacial score (nSPS) is 11.3. The van der Waals surface area contributed by atoms with E-state index in [0.29, 0.717) is 0 Å². The number of rotatable bonds is 6. The summed E-state index contributed by atoms with van der Waals surface area (Å²) in [6.45, 7) is 5.71. The van der Waals surface area contributed by atoms with Crippen molar-refractivity contribution in [3.63, 3.8) is 0 Å². The number of aromatic nitrogens is 1. The van der Waals surface area contributed by atoms with Gasteiger partial charge in [0.2, 0.25) is 5.91 Å². The van der Waals surface area contributed by atoms with Gasteiger partial charge in [-0.1, -0.05) is 30.3 Å². The maximum absolute atomic E-state index is 12.3. The standard InChI is InChI=1S/C21H22ClN3OS/c1-14-7-4-5-10-17(14)24-20-25-18(12-27-20)15-8-6-9-16(11-15)23-19(26)21(2,3)13-22/h4-12H,13H2,1-3H3,(H,23,26)(H,24,25). The molecule has 0 radical (unpaired) electrons. The summed E-state index contributed by atoms with van der Waals surface area (Å²) < 4.78 is 0. The fourth-order valence-corrected chi connectivity index (χ4v) is 3.26. The molecule has 0 aliphatic carbocycles. The zero-order valence-corrected chi connectivity index (χ0v) is 17.1. The average molecular weight is 400 g/mol. The third kappa shape index (κ3) is 4.67. The van der Waals surface area contributed by atoms with Gasteiger partial charge in [-0.25, -0.2) is 4.98 Å². The molecule has 0 aliphatic heterocycles. The van der Waals surface area contributed by atoms with E-state index in [9.17, 15) is 4.79 Å². The van der Waals surface area contributed by atoms with Crippen molar-refractivity contribution in [3.05, 3.63) is 59.5 Å². The highest BCUT2D eigenvalue weighted by molar-refractivity contribution is 7.14. The molecular weight excluding hydrogens is 378 g/mol. The summed E-state index contributed by atoms with van der Waals surface area (Å²) in [6.07, 6.45) is 0. The summed E-state index contributed by atoms with van der Waals surface area (Å²) in [6, 6.07) is 15.8. The molecule has 0 saturated heterocycles. The van der Waals surface area contributed by atoms with E-state index in [0.717, 1.165) is 27.8 Å². The van der Waals surface area contributed by atoms with E-state index >= 15 is 0 Å². The summed E-state index contributed by atoms with van der Waals surface area (Å²) in [5, 5.41) is 9.13. The van der Waals surface area contributed by atoms with E-state index in [2.05, 4.69) is 28.6 Å². The number of hydrogen-bond acceptors (Lipinski definition) is 4. The Morgan fingerprint density at radius 3 is 2.70 bits per heavy atom. The zero-order chi connectivity index (χ0) is 19.4. The van der Waals surface area contributed by atoms with Crippen LogP contribution < -0.4 is 10.6 Å². The number of nitrogens with zero attached hydrogens (tertiary/aromatic N) is 1. The number of carbonyl (C=O) groups excluding carboxylic acids is 1. The Bertz CT molecular complexity index is 952. The lowest BCUT2D eigenvalue weighted by Gasteiger charge is -2.20. The molecule has 2 aromatic carbocycles. The molecule has 0 bridgehead atoms. The van der Waals surface area contributed by atoms with Crippen molar-refractivity contribution >= 4 is 45.4 Å². The molecule has 1 aromatic heterocycles. The van der Waals surface area contributed by atoms with Crippen molar-refractivity contribution in [1.29, 1.82) is 0 Å². The first-order valence-electron chi connectivity index (χ1n) is 8.65. The Balaban J connectivity index is 1.77. The van der Waals surface area contributed by atoms with Gasteiger partial charge in [-0.3, -0.25) is 4.79 Å². The van der Waals surface area contributed by atoms with Crippen LogP contribution in [0.1, 0.15) is 19.4 Å². The largest absolute Gasteiger partial charge is 0.331 e. The van der Waals surface area contributed by atoms with Crippen LogP contribution in [0.25, 0.3) is 11.3 Å². The quantitative estimate of drug-likeness (QED) is 0.495. The molecule has 0 aliphatic rings. The molecule has 0 atom stereocenters. The number of alkyl halides is 1. The van der Waals surface area contributed by atoms with Crippen molar-refractivity contribution in [3.8, 4) is 11.3 Å². The fraction of sp³-hybridized carbons (Fsp3) is 0.238. The summed E-state index contributed by atoms with van der Waals surface area (Å²) in [5.41, 5.74) is 4.14. The van der Waals surface area contributed by atoms with Gasteiger partial charge in [0.25, 0.3) is 0 Å². The van der Waals surface area contributed by atoms with E-state index in [4.69, 9.17) is 11.6 Å². The Morgan fingerprint density at radius 2 is 1.96 bits per heavy atom. The minimum atomic E-state index is -0.622. The second-order valence-corrected chi connectivity index (χ2v) is 8.16. The molecule has 0 saturated carbocycles. The van der Waals surface area contributed by atoms with Gasteiger partial charge in [-0.15, -0.1) is 22.9 Å². The van der Waals surface area contributed by atoms with Crippen LogP contribution in [0.2, 0.25) is 0 Å². The lowest BCUT2D eigenvalue weighted by atomic mass is 9.95. The van der Waals surface area contributed by atoms with Crippen LogP contribution in [0.15, 0.2) is 53.9 Å². The number of amides is 1. The number of thiazole rings is 1. The van der Waals surface area contributed by atoms with Gasteiger partial charge in [0.1, 0.15) is 0 Å². The van der Waals surface area contributed by atoms with Gasteiger partial charge in [0.05, 0.1) is 11.1 Å². The van der Waals surface area contributed by atoms with Crippen LogP contribution in [-0.2, 0) is 4.79 Å². The molecular formula is C21H22ClN3OS. The molecule has 6 heteroatoms. The predicted octanol–water partition coefficient (Wildman–Crippen LogP) is 6.07. The number of anilines is 3. The Hall–Kier alpha value is -2.37. The van der Waals surface area contributed by atoms with Crippen LogP contribution in [0.5, 0.6) is 0 Å². The molecule has 27 heavy (non-hydrogen) atoms. The number of halogens is 1. The molecule has 0 spiro atoms. The highest BCUT2D eigenvalue weighted by Crippen LogP contribution is 2.30. The van der Waals surface area contributed by atoms with Crippen LogP contribution in [0, 0.1) is 12.3 Å². The maximum atomic E-state index is 12.3. The third-order valence-electron chi connectivity index (χ3n) is 4.26. The number of hydrogen-bond donors (Lipinski definition) is 2.